The Morgan fingerprint density at radius 2 is 0.558 bits per heavy atom. The Labute approximate surface area is 738 Å². The predicted molar refractivity (Wildman–Crippen MR) is 489 cm³/mol. The zero-order chi connectivity index (χ0) is 79.1. The van der Waals surface area contributed by atoms with Crippen LogP contribution < -0.4 is 99.0 Å². The van der Waals surface area contributed by atoms with Gasteiger partial charge in [-0.2, -0.15) is 23.5 Å². The van der Waals surface area contributed by atoms with E-state index in [1.165, 1.54) is 94.2 Å². The summed E-state index contributed by atoms with van der Waals surface area (Å²) < 4.78 is 0. The molecule has 0 saturated heterocycles. The van der Waals surface area contributed by atoms with E-state index in [1.54, 1.807) is 0 Å². The van der Waals surface area contributed by atoms with Gasteiger partial charge in [0, 0.05) is 49.2 Å². The fourth-order valence-corrected chi connectivity index (χ4v) is 12.7. The van der Waals surface area contributed by atoms with Gasteiger partial charge in [-0.1, -0.05) is 157 Å². The van der Waals surface area contributed by atoms with E-state index in [4.69, 9.17) is 45.9 Å². The van der Waals surface area contributed by atoms with E-state index in [0.717, 1.165) is 38.5 Å². The first-order valence-corrected chi connectivity index (χ1v) is 42.5. The molecule has 0 saturated carbocycles. The topological polar surface area (TPSA) is 523 Å². The molecule has 39 heteroatoms. The smallest absolute Gasteiger partial charge is 0.244 e. The summed E-state index contributed by atoms with van der Waals surface area (Å²) in [5, 5.41) is 48.7. The van der Waals surface area contributed by atoms with Crippen molar-refractivity contribution in [2.45, 2.75) is 320 Å². The van der Waals surface area contributed by atoms with Crippen molar-refractivity contribution in [3.8, 4) is 0 Å². The van der Waals surface area contributed by atoms with Crippen LogP contribution in [0.5, 0.6) is 0 Å². The molecule has 10 atom stereocenters. The van der Waals surface area contributed by atoms with Crippen LogP contribution in [0.25, 0.3) is 0 Å². The number of amides is 9. The number of nitrogens with two attached hydrogens (primary N) is 8. The van der Waals surface area contributed by atoms with Gasteiger partial charge in [0.25, 0.3) is 0 Å². The SMILES string of the molecule is CCCCCCC.CCCCCCCC.CCCCCCNC(=O)C(CO)NC(=O)C(CSCCSCC(NC(=O)C(CCCCNC(=O)C(N)CCCN)NC(=O)C(N)CCCCN)C(=O)NC(CO)CNCCCCC)NC(=O)C(CCCCNC(=O)C(N)CCCN)NC(=O)C(N)CCCCN.Cl.Cl.Cl.Cl.Cl.Cl.Cl.Cl. The lowest BCUT2D eigenvalue weighted by molar-refractivity contribution is -0.134. The number of nitrogens with one attached hydrogen (secondary N) is 10. The van der Waals surface area contributed by atoms with Crippen LogP contribution in [0.3, 0.4) is 0 Å². The van der Waals surface area contributed by atoms with Crippen molar-refractivity contribution in [2.75, 3.05) is 95.1 Å². The van der Waals surface area contributed by atoms with E-state index in [2.05, 4.69) is 94.7 Å². The minimum absolute atomic E-state index is 0. The normalized spacial score (nSPS) is 13.0. The lowest BCUT2D eigenvalue weighted by atomic mass is 10.1. The van der Waals surface area contributed by atoms with E-state index >= 15 is 0 Å². The molecule has 9 amide bonds. The Morgan fingerprint density at radius 1 is 0.283 bits per heavy atom. The van der Waals surface area contributed by atoms with Crippen LogP contribution in [0.15, 0.2) is 0 Å². The molecular weight excluding hydrogens is 1660 g/mol. The maximum absolute atomic E-state index is 14.3. The highest BCUT2D eigenvalue weighted by Gasteiger charge is 2.32. The second-order valence-corrected chi connectivity index (χ2v) is 29.5. The van der Waals surface area contributed by atoms with E-state index in [-0.39, 0.29) is 155 Å². The largest absolute Gasteiger partial charge is 0.394 e. The molecule has 0 aliphatic carbocycles. The summed E-state index contributed by atoms with van der Waals surface area (Å²) >= 11 is 2.53. The Kier molecular flexibility index (Phi) is 115. The lowest BCUT2D eigenvalue weighted by Gasteiger charge is -2.26. The first-order valence-electron chi connectivity index (χ1n) is 40.2. The molecule has 0 spiro atoms. The molecule has 0 aliphatic rings. The maximum atomic E-state index is 14.3. The molecular formula is C74H162Cl8N18O11S2. The third-order valence-corrected chi connectivity index (χ3v) is 19.7. The van der Waals surface area contributed by atoms with Crippen LogP contribution in [-0.2, 0) is 43.2 Å². The molecule has 10 unspecified atom stereocenters. The molecule has 682 valence electrons. The first kappa shape index (κ1) is 134. The van der Waals surface area contributed by atoms with Crippen LogP contribution >= 0.6 is 123 Å². The summed E-state index contributed by atoms with van der Waals surface area (Å²) in [4.78, 5) is 122. The lowest BCUT2D eigenvalue weighted by Crippen LogP contribution is -2.59. The number of thioether (sulfide) groups is 2. The van der Waals surface area contributed by atoms with Crippen molar-refractivity contribution < 1.29 is 53.4 Å². The molecule has 28 N–H and O–H groups in total. The number of halogens is 8. The summed E-state index contributed by atoms with van der Waals surface area (Å²) in [6, 6.07) is -10.3. The van der Waals surface area contributed by atoms with Gasteiger partial charge in [-0.25, -0.2) is 0 Å². The molecule has 0 heterocycles. The second-order valence-electron chi connectivity index (χ2n) is 27.2. The van der Waals surface area contributed by atoms with E-state index in [1.807, 2.05) is 0 Å². The molecule has 0 radical (unpaired) electrons. The zero-order valence-corrected chi connectivity index (χ0v) is 77.4. The summed E-state index contributed by atoms with van der Waals surface area (Å²) in [7, 11) is 0. The maximum Gasteiger partial charge on any atom is 0.244 e. The van der Waals surface area contributed by atoms with Crippen LogP contribution in [0, 0.1) is 0 Å². The van der Waals surface area contributed by atoms with Crippen molar-refractivity contribution in [3.63, 3.8) is 0 Å². The van der Waals surface area contributed by atoms with E-state index in [9.17, 15) is 53.4 Å². The Bertz CT molecular complexity index is 2210. The van der Waals surface area contributed by atoms with Gasteiger partial charge in [0.1, 0.15) is 30.2 Å². The van der Waals surface area contributed by atoms with Crippen LogP contribution in [-0.4, -0.2) is 219 Å². The van der Waals surface area contributed by atoms with E-state index in [0.29, 0.717) is 147 Å². The van der Waals surface area contributed by atoms with Gasteiger partial charge >= 0.3 is 0 Å². The third-order valence-electron chi connectivity index (χ3n) is 17.4. The number of hydrogen-bond acceptors (Lipinski definition) is 22. The average molecular weight is 1830 g/mol. The van der Waals surface area contributed by atoms with Gasteiger partial charge in [0.15, 0.2) is 0 Å². The van der Waals surface area contributed by atoms with Gasteiger partial charge < -0.3 is 109 Å². The summed E-state index contributed by atoms with van der Waals surface area (Å²) in [5.41, 5.74) is 46.9. The molecule has 0 aromatic rings. The zero-order valence-electron chi connectivity index (χ0n) is 69.2. The number of aliphatic hydroxyl groups excluding tert-OH is 2. The molecule has 0 bridgehead atoms. The molecule has 113 heavy (non-hydrogen) atoms. The molecule has 0 fully saturated rings. The second kappa shape index (κ2) is 96.9. The quantitative estimate of drug-likeness (QED) is 0.0303. The van der Waals surface area contributed by atoms with Gasteiger partial charge in [0.2, 0.25) is 53.2 Å². The highest BCUT2D eigenvalue weighted by Crippen LogP contribution is 2.14. The number of hydrogen-bond donors (Lipinski definition) is 20. The van der Waals surface area contributed by atoms with E-state index < -0.39 is 115 Å². The van der Waals surface area contributed by atoms with Crippen LogP contribution in [0.4, 0.5) is 0 Å². The summed E-state index contributed by atoms with van der Waals surface area (Å²) in [5.74, 6) is -4.61. The van der Waals surface area contributed by atoms with Crippen molar-refractivity contribution in [1.82, 2.24) is 53.2 Å². The highest BCUT2D eigenvalue weighted by molar-refractivity contribution is 8.03. The third kappa shape index (κ3) is 78.1. The van der Waals surface area contributed by atoms with Crippen molar-refractivity contribution in [2.24, 2.45) is 45.9 Å². The Morgan fingerprint density at radius 3 is 0.912 bits per heavy atom. The number of rotatable bonds is 68. The number of carbonyl (C=O) groups is 9. The molecule has 0 rings (SSSR count). The van der Waals surface area contributed by atoms with Crippen molar-refractivity contribution in [1.29, 1.82) is 0 Å². The first-order chi connectivity index (χ1) is 50.6. The van der Waals surface area contributed by atoms with Crippen molar-refractivity contribution in [3.05, 3.63) is 0 Å². The fraction of sp³-hybridized carbons (Fsp3) is 0.878. The minimum atomic E-state index is -1.36. The standard InChI is InChI=1S/C59H120N18O11S2.C8H18.C7H16.8ClH/c1-3-5-7-15-31-71-55(84)48(38-79)75-59(88)50(77-57(86)47(74-54(83)45(67)21-9-13-27-61)25-11-17-33-70-52(81)43(65)23-19-29-63)40-90-35-34-89-39-49(58(87)72-41(37-78)36-68-30-14-6-4-2)76-56(85)46(73-53(82)44(66)20-8-12-26-60)24-10-16-32-69-51(80)42(64)22-18-28-62;1-3-5-7-8-6-4-2;1-3-5-7-6-4-2;;;;;;;;/h41-50,68,78-79H,3-40,60-67H2,1-2H3,(H,69,80)(H,70,81)(H,71,84)(H,72,87)(H,73,82)(H,74,83)(H,75,88)(H,76,85)(H,77,86);3-8H2,1-2H3;3-7H2,1-2H3;8*1H. The molecule has 0 aromatic carbocycles. The predicted octanol–water partition coefficient (Wildman–Crippen LogP) is 6.16. The minimum Gasteiger partial charge on any atom is -0.394 e. The Hall–Kier alpha value is -2.19. The number of aliphatic hydroxyl groups is 2. The van der Waals surface area contributed by atoms with Crippen LogP contribution in [0.1, 0.15) is 260 Å². The van der Waals surface area contributed by atoms with Crippen molar-refractivity contribution >= 4 is 176 Å². The molecule has 0 aliphatic heterocycles. The van der Waals surface area contributed by atoms with Gasteiger partial charge in [-0.15, -0.1) is 99.3 Å². The fourth-order valence-electron chi connectivity index (χ4n) is 10.5. The van der Waals surface area contributed by atoms with Gasteiger partial charge in [-0.3, -0.25) is 43.2 Å². The summed E-state index contributed by atoms with van der Waals surface area (Å²) in [6.07, 6.45) is 28.7. The van der Waals surface area contributed by atoms with Crippen LogP contribution in [0.2, 0.25) is 0 Å². The monoisotopic (exact) mass is 1820 g/mol. The highest BCUT2D eigenvalue weighted by atomic mass is 35.5. The molecule has 29 nitrogen and oxygen atoms in total. The summed E-state index contributed by atoms with van der Waals surface area (Å²) in [6.45, 7) is 15.3. The average Bonchev–Trinajstić information content (AvgIpc) is 0.896. The number of carbonyl (C=O) groups excluding carboxylic acids is 9. The molecule has 0 aromatic heterocycles. The number of unbranched alkanes of at least 4 members (excludes halogenated alkanes) is 18. The van der Waals surface area contributed by atoms with Gasteiger partial charge in [0.05, 0.1) is 43.4 Å². The van der Waals surface area contributed by atoms with Gasteiger partial charge in [-0.05, 0) is 135 Å². The Balaban J connectivity index is -0.000000453.